The number of nitrogens with one attached hydrogen (secondary N) is 3. The van der Waals surface area contributed by atoms with Gasteiger partial charge in [0, 0.05) is 16.0 Å². The number of carbonyl (C=O) groups excluding carboxylic acids is 3. The quantitative estimate of drug-likeness (QED) is 0.295. The molecule has 2 aromatic carbocycles. The maximum Gasteiger partial charge on any atom is 0.252 e. The molecule has 35 heavy (non-hydrogen) atoms. The number of aromatic nitrogens is 4. The third kappa shape index (κ3) is 4.09. The number of amides is 3. The van der Waals surface area contributed by atoms with Crippen LogP contribution in [-0.4, -0.2) is 59.4 Å². The van der Waals surface area contributed by atoms with E-state index in [1.54, 1.807) is 65.2 Å². The molecule has 12 heteroatoms. The van der Waals surface area contributed by atoms with Crippen molar-refractivity contribution in [3.63, 3.8) is 0 Å². The minimum absolute atomic E-state index is 0.229. The van der Waals surface area contributed by atoms with Crippen LogP contribution in [0.15, 0.2) is 54.6 Å². The Hall–Kier alpha value is -3.93. The molecule has 2 saturated heterocycles. The Balaban J connectivity index is 1.35. The first-order chi connectivity index (χ1) is 16.8. The Morgan fingerprint density at radius 3 is 2.51 bits per heavy atom. The number of anilines is 1. The van der Waals surface area contributed by atoms with Crippen LogP contribution >= 0.6 is 11.8 Å². The third-order valence-corrected chi connectivity index (χ3v) is 7.76. The molecular weight excluding hydrogens is 468 g/mol. The molecule has 0 aliphatic carbocycles. The monoisotopic (exact) mass is 492 g/mol. The molecule has 5 N–H and O–H groups in total. The molecule has 11 nitrogen and oxygen atoms in total. The Kier molecular flexibility index (Phi) is 5.67. The number of carbonyl (C=O) groups is 3. The van der Waals surface area contributed by atoms with E-state index in [4.69, 9.17) is 5.73 Å². The molecule has 0 bridgehead atoms. The largest absolute Gasteiger partial charge is 0.399 e. The van der Waals surface area contributed by atoms with Gasteiger partial charge in [-0.25, -0.2) is 0 Å². The summed E-state index contributed by atoms with van der Waals surface area (Å²) in [6, 6.07) is 13.2. The van der Waals surface area contributed by atoms with Crippen LogP contribution in [0.3, 0.4) is 0 Å². The number of hydrogen-bond donors (Lipinski definition) is 4. The zero-order chi connectivity index (χ0) is 24.7. The fourth-order valence-corrected chi connectivity index (χ4v) is 6.11. The highest BCUT2D eigenvalue weighted by Gasteiger charge is 2.63. The van der Waals surface area contributed by atoms with Crippen LogP contribution in [0.25, 0.3) is 0 Å². The number of fused-ring (bicyclic) bond motifs is 1. The molecule has 3 heterocycles. The summed E-state index contributed by atoms with van der Waals surface area (Å²) < 4.78 is -0.383. The molecule has 180 valence electrons. The summed E-state index contributed by atoms with van der Waals surface area (Å²) in [5.74, 6) is -0.697. The average molecular weight is 493 g/mol. The molecule has 0 spiro atoms. The highest BCUT2D eigenvalue weighted by molar-refractivity contribution is 8.01. The van der Waals surface area contributed by atoms with E-state index in [1.807, 2.05) is 19.9 Å². The highest BCUT2D eigenvalue weighted by Crippen LogP contribution is 2.56. The second kappa shape index (κ2) is 8.69. The normalized spacial score (nSPS) is 23.2. The van der Waals surface area contributed by atoms with E-state index in [0.29, 0.717) is 22.6 Å². The van der Waals surface area contributed by atoms with Crippen LogP contribution in [0.1, 0.15) is 47.7 Å². The molecular formula is C23H24N8O3S. The van der Waals surface area contributed by atoms with Gasteiger partial charge in [0.05, 0.1) is 0 Å². The summed E-state index contributed by atoms with van der Waals surface area (Å²) in [5, 5.41) is 19.6. The van der Waals surface area contributed by atoms with Gasteiger partial charge in [-0.1, -0.05) is 35.5 Å². The SMILES string of the molecule is CC1(C)S[C@@H]2C(NC(=O)C(NC(=O)c3ccc(N)cc3)c3ccccc3)C(=O)N2C1c1nn[nH]n1. The molecule has 3 unspecified atom stereocenters. The number of nitrogen functional groups attached to an aromatic ring is 1. The first-order valence-corrected chi connectivity index (χ1v) is 11.9. The van der Waals surface area contributed by atoms with Crippen molar-refractivity contribution in [1.29, 1.82) is 0 Å². The minimum Gasteiger partial charge on any atom is -0.399 e. The summed E-state index contributed by atoms with van der Waals surface area (Å²) in [4.78, 5) is 41.1. The lowest BCUT2D eigenvalue weighted by atomic mass is 9.95. The topological polar surface area (TPSA) is 159 Å². The van der Waals surface area contributed by atoms with Gasteiger partial charge in [0.2, 0.25) is 11.8 Å². The van der Waals surface area contributed by atoms with Crippen molar-refractivity contribution < 1.29 is 14.4 Å². The molecule has 2 aliphatic heterocycles. The standard InChI is InChI=1S/C23H24N8O3S/c1-23(2)17(18-27-29-30-28-18)31-21(34)16(22(31)35-23)26-20(33)15(12-6-4-3-5-7-12)25-19(32)13-8-10-14(24)11-9-13/h3-11,15-17,22H,24H2,1-2H3,(H,25,32)(H,26,33)(H,27,28,29,30)/t15?,16?,17?,22-/m1/s1. The summed E-state index contributed by atoms with van der Waals surface area (Å²) in [6.45, 7) is 4.01. The smallest absolute Gasteiger partial charge is 0.252 e. The molecule has 4 atom stereocenters. The van der Waals surface area contributed by atoms with Gasteiger partial charge in [-0.2, -0.15) is 5.21 Å². The number of nitrogens with zero attached hydrogens (tertiary/aromatic N) is 4. The molecule has 2 aliphatic rings. The number of β-lactam (4-membered cyclic amide) rings is 1. The molecule has 0 radical (unpaired) electrons. The number of aromatic amines is 1. The van der Waals surface area contributed by atoms with Crippen LogP contribution in [-0.2, 0) is 9.59 Å². The zero-order valence-electron chi connectivity index (χ0n) is 19.0. The Morgan fingerprint density at radius 2 is 1.86 bits per heavy atom. The van der Waals surface area contributed by atoms with Crippen molar-refractivity contribution in [3.8, 4) is 0 Å². The van der Waals surface area contributed by atoms with Crippen molar-refractivity contribution in [1.82, 2.24) is 36.2 Å². The van der Waals surface area contributed by atoms with Gasteiger partial charge in [-0.3, -0.25) is 14.4 Å². The predicted octanol–water partition coefficient (Wildman–Crippen LogP) is 1.17. The third-order valence-electron chi connectivity index (χ3n) is 6.19. The van der Waals surface area contributed by atoms with E-state index in [0.717, 1.165) is 0 Å². The van der Waals surface area contributed by atoms with Crippen molar-refractivity contribution in [2.24, 2.45) is 0 Å². The number of H-pyrrole nitrogens is 1. The summed E-state index contributed by atoms with van der Waals surface area (Å²) >= 11 is 1.57. The van der Waals surface area contributed by atoms with Crippen LogP contribution < -0.4 is 16.4 Å². The summed E-state index contributed by atoms with van der Waals surface area (Å²) in [7, 11) is 0. The second-order valence-electron chi connectivity index (χ2n) is 8.96. The van der Waals surface area contributed by atoms with Gasteiger partial charge in [-0.05, 0) is 43.7 Å². The molecule has 1 aromatic heterocycles. The molecule has 0 saturated carbocycles. The Labute approximate surface area is 205 Å². The van der Waals surface area contributed by atoms with Crippen LogP contribution in [0, 0.1) is 0 Å². The van der Waals surface area contributed by atoms with Gasteiger partial charge in [-0.15, -0.1) is 22.0 Å². The van der Waals surface area contributed by atoms with Gasteiger partial charge in [0.1, 0.15) is 23.5 Å². The zero-order valence-corrected chi connectivity index (χ0v) is 19.8. The first-order valence-electron chi connectivity index (χ1n) is 11.0. The molecule has 3 aromatic rings. The van der Waals surface area contributed by atoms with Crippen molar-refractivity contribution in [2.75, 3.05) is 5.73 Å². The van der Waals surface area contributed by atoms with Gasteiger partial charge < -0.3 is 21.3 Å². The molecule has 5 rings (SSSR count). The van der Waals surface area contributed by atoms with E-state index in [1.165, 1.54) is 0 Å². The number of rotatable bonds is 6. The summed E-state index contributed by atoms with van der Waals surface area (Å²) in [5.41, 5.74) is 7.21. The maximum atomic E-state index is 13.4. The second-order valence-corrected chi connectivity index (χ2v) is 10.7. The van der Waals surface area contributed by atoms with Crippen LogP contribution in [0.2, 0.25) is 0 Å². The Morgan fingerprint density at radius 1 is 1.14 bits per heavy atom. The number of hydrogen-bond acceptors (Lipinski definition) is 8. The van der Waals surface area contributed by atoms with E-state index in [-0.39, 0.29) is 22.1 Å². The lowest BCUT2D eigenvalue weighted by molar-refractivity contribution is -0.152. The van der Waals surface area contributed by atoms with Crippen LogP contribution in [0.4, 0.5) is 5.69 Å². The predicted molar refractivity (Wildman–Crippen MR) is 129 cm³/mol. The van der Waals surface area contributed by atoms with Gasteiger partial charge in [0.15, 0.2) is 5.82 Å². The highest BCUT2D eigenvalue weighted by atomic mass is 32.2. The summed E-state index contributed by atoms with van der Waals surface area (Å²) in [6.07, 6.45) is 0. The molecule has 3 amide bonds. The molecule has 2 fully saturated rings. The fraction of sp³-hybridized carbons (Fsp3) is 0.304. The van der Waals surface area contributed by atoms with Crippen molar-refractivity contribution in [2.45, 2.75) is 42.1 Å². The number of thioether (sulfide) groups is 1. The number of tetrazole rings is 1. The first kappa shape index (κ1) is 22.8. The fourth-order valence-electron chi connectivity index (χ4n) is 4.48. The lowest BCUT2D eigenvalue weighted by Gasteiger charge is -2.44. The van der Waals surface area contributed by atoms with E-state index in [9.17, 15) is 14.4 Å². The van der Waals surface area contributed by atoms with Crippen molar-refractivity contribution in [3.05, 3.63) is 71.5 Å². The van der Waals surface area contributed by atoms with E-state index in [2.05, 4.69) is 31.3 Å². The lowest BCUT2D eigenvalue weighted by Crippen LogP contribution is -2.68. The van der Waals surface area contributed by atoms with Crippen LogP contribution in [0.5, 0.6) is 0 Å². The van der Waals surface area contributed by atoms with E-state index < -0.39 is 23.9 Å². The maximum absolute atomic E-state index is 13.4. The average Bonchev–Trinajstić information content (AvgIpc) is 3.45. The number of benzene rings is 2. The van der Waals surface area contributed by atoms with E-state index >= 15 is 0 Å². The van der Waals surface area contributed by atoms with Gasteiger partial charge in [0.25, 0.3) is 5.91 Å². The van der Waals surface area contributed by atoms with Gasteiger partial charge >= 0.3 is 0 Å². The van der Waals surface area contributed by atoms with Crippen molar-refractivity contribution >= 4 is 35.2 Å². The Bertz CT molecular complexity index is 1250. The number of nitrogens with two attached hydrogens (primary N) is 1. The minimum atomic E-state index is -0.990.